The van der Waals surface area contributed by atoms with Gasteiger partial charge in [0.15, 0.2) is 5.13 Å². The van der Waals surface area contributed by atoms with Crippen molar-refractivity contribution in [3.8, 4) is 0 Å². The van der Waals surface area contributed by atoms with Crippen molar-refractivity contribution in [1.29, 1.82) is 0 Å². The first-order valence-corrected chi connectivity index (χ1v) is 9.98. The number of anilines is 1. The topological polar surface area (TPSA) is 76.9 Å². The SMILES string of the molecule is Cc1csc(NC(=O)c2sc3ncn(Cc4ccccc4)c(=O)c3c2C)n1. The zero-order chi connectivity index (χ0) is 19.0. The second-order valence-corrected chi connectivity index (χ2v) is 8.00. The number of rotatable bonds is 4. The lowest BCUT2D eigenvalue weighted by atomic mass is 10.2. The molecule has 1 aromatic carbocycles. The Hall–Kier alpha value is -2.84. The largest absolute Gasteiger partial charge is 0.297 e. The van der Waals surface area contributed by atoms with Crippen LogP contribution in [0.1, 0.15) is 26.5 Å². The van der Waals surface area contributed by atoms with E-state index in [-0.39, 0.29) is 11.5 Å². The Morgan fingerprint density at radius 2 is 2.00 bits per heavy atom. The van der Waals surface area contributed by atoms with Crippen molar-refractivity contribution in [3.05, 3.63) is 74.1 Å². The molecule has 8 heteroatoms. The van der Waals surface area contributed by atoms with Crippen molar-refractivity contribution >= 4 is 43.9 Å². The van der Waals surface area contributed by atoms with Gasteiger partial charge in [-0.3, -0.25) is 19.5 Å². The Morgan fingerprint density at radius 3 is 2.70 bits per heavy atom. The lowest BCUT2D eigenvalue weighted by Gasteiger charge is -2.05. The number of aromatic nitrogens is 3. The van der Waals surface area contributed by atoms with Gasteiger partial charge in [-0.05, 0) is 25.0 Å². The van der Waals surface area contributed by atoms with E-state index in [9.17, 15) is 9.59 Å². The van der Waals surface area contributed by atoms with E-state index in [0.29, 0.717) is 32.3 Å². The van der Waals surface area contributed by atoms with Crippen LogP contribution < -0.4 is 10.9 Å². The molecule has 0 aliphatic heterocycles. The molecule has 1 amide bonds. The van der Waals surface area contributed by atoms with Gasteiger partial charge in [-0.15, -0.1) is 22.7 Å². The average Bonchev–Trinajstić information content (AvgIpc) is 3.22. The summed E-state index contributed by atoms with van der Waals surface area (Å²) in [5.74, 6) is -0.265. The number of amides is 1. The lowest BCUT2D eigenvalue weighted by Crippen LogP contribution is -2.21. The average molecular weight is 396 g/mol. The van der Waals surface area contributed by atoms with E-state index in [1.54, 1.807) is 17.8 Å². The van der Waals surface area contributed by atoms with Crippen LogP contribution in [0.4, 0.5) is 5.13 Å². The summed E-state index contributed by atoms with van der Waals surface area (Å²) < 4.78 is 1.57. The Bertz CT molecular complexity index is 1190. The molecular weight excluding hydrogens is 380 g/mol. The third kappa shape index (κ3) is 3.41. The smallest absolute Gasteiger partial charge is 0.267 e. The summed E-state index contributed by atoms with van der Waals surface area (Å²) in [6, 6.07) is 9.74. The fourth-order valence-electron chi connectivity index (χ4n) is 2.83. The van der Waals surface area contributed by atoms with E-state index in [1.165, 1.54) is 22.7 Å². The molecule has 0 saturated carbocycles. The summed E-state index contributed by atoms with van der Waals surface area (Å²) >= 11 is 2.60. The number of carbonyl (C=O) groups is 1. The van der Waals surface area contributed by atoms with Crippen LogP contribution in [0.5, 0.6) is 0 Å². The van der Waals surface area contributed by atoms with E-state index < -0.39 is 0 Å². The third-order valence-electron chi connectivity index (χ3n) is 4.16. The van der Waals surface area contributed by atoms with E-state index in [4.69, 9.17) is 0 Å². The molecule has 3 heterocycles. The molecule has 0 unspecified atom stereocenters. The number of benzene rings is 1. The van der Waals surface area contributed by atoms with Gasteiger partial charge in [-0.1, -0.05) is 30.3 Å². The van der Waals surface area contributed by atoms with Crippen molar-refractivity contribution < 1.29 is 4.79 Å². The fraction of sp³-hybridized carbons (Fsp3) is 0.158. The fourth-order valence-corrected chi connectivity index (χ4v) is 4.55. The summed E-state index contributed by atoms with van der Waals surface area (Å²) in [5, 5.41) is 5.71. The van der Waals surface area contributed by atoms with E-state index in [2.05, 4.69) is 15.3 Å². The summed E-state index contributed by atoms with van der Waals surface area (Å²) in [6.45, 7) is 4.10. The molecule has 0 fully saturated rings. The molecule has 0 spiro atoms. The van der Waals surface area contributed by atoms with E-state index in [1.807, 2.05) is 42.6 Å². The van der Waals surface area contributed by atoms with Crippen LogP contribution in [0.3, 0.4) is 0 Å². The molecule has 136 valence electrons. The number of thiazole rings is 1. The van der Waals surface area contributed by atoms with Gasteiger partial charge in [0.1, 0.15) is 4.83 Å². The van der Waals surface area contributed by atoms with Crippen molar-refractivity contribution in [2.75, 3.05) is 5.32 Å². The van der Waals surface area contributed by atoms with Gasteiger partial charge in [-0.25, -0.2) is 9.97 Å². The highest BCUT2D eigenvalue weighted by molar-refractivity contribution is 7.21. The summed E-state index contributed by atoms with van der Waals surface area (Å²) in [7, 11) is 0. The zero-order valence-electron chi connectivity index (χ0n) is 14.7. The summed E-state index contributed by atoms with van der Waals surface area (Å²) in [4.78, 5) is 35.3. The van der Waals surface area contributed by atoms with Gasteiger partial charge in [0.2, 0.25) is 0 Å². The van der Waals surface area contributed by atoms with Gasteiger partial charge < -0.3 is 0 Å². The molecule has 3 aromatic heterocycles. The summed E-state index contributed by atoms with van der Waals surface area (Å²) in [6.07, 6.45) is 1.54. The Labute approximate surface area is 163 Å². The van der Waals surface area contributed by atoms with Gasteiger partial charge in [0.25, 0.3) is 11.5 Å². The van der Waals surface area contributed by atoms with Crippen LogP contribution >= 0.6 is 22.7 Å². The van der Waals surface area contributed by atoms with E-state index >= 15 is 0 Å². The molecule has 0 aliphatic carbocycles. The maximum atomic E-state index is 12.9. The van der Waals surface area contributed by atoms with Crippen LogP contribution in [0.25, 0.3) is 10.2 Å². The predicted molar refractivity (Wildman–Crippen MR) is 109 cm³/mol. The predicted octanol–water partition coefficient (Wildman–Crippen LogP) is 3.83. The van der Waals surface area contributed by atoms with Crippen LogP contribution in [0.2, 0.25) is 0 Å². The lowest BCUT2D eigenvalue weighted by molar-refractivity contribution is 0.103. The highest BCUT2D eigenvalue weighted by Crippen LogP contribution is 2.28. The molecule has 6 nitrogen and oxygen atoms in total. The Morgan fingerprint density at radius 1 is 1.22 bits per heavy atom. The normalized spacial score (nSPS) is 11.0. The number of fused-ring (bicyclic) bond motifs is 1. The first-order valence-electron chi connectivity index (χ1n) is 8.29. The maximum Gasteiger partial charge on any atom is 0.267 e. The third-order valence-corrected chi connectivity index (χ3v) is 6.23. The molecule has 1 N–H and O–H groups in total. The van der Waals surface area contributed by atoms with Gasteiger partial charge in [0.05, 0.1) is 28.8 Å². The second-order valence-electron chi connectivity index (χ2n) is 6.15. The van der Waals surface area contributed by atoms with Crippen molar-refractivity contribution in [1.82, 2.24) is 14.5 Å². The Balaban J connectivity index is 1.70. The number of carbonyl (C=O) groups excluding carboxylic acids is 1. The molecule has 0 radical (unpaired) electrons. The van der Waals surface area contributed by atoms with Crippen molar-refractivity contribution in [2.24, 2.45) is 0 Å². The molecule has 0 aliphatic rings. The maximum absolute atomic E-state index is 12.9. The van der Waals surface area contributed by atoms with Gasteiger partial charge in [0, 0.05) is 5.38 Å². The second kappa shape index (κ2) is 7.05. The van der Waals surface area contributed by atoms with E-state index in [0.717, 1.165) is 11.3 Å². The molecule has 4 rings (SSSR count). The number of nitrogens with one attached hydrogen (secondary N) is 1. The molecule has 27 heavy (non-hydrogen) atoms. The van der Waals surface area contributed by atoms with Crippen LogP contribution in [-0.4, -0.2) is 20.4 Å². The molecule has 4 aromatic rings. The number of nitrogens with zero attached hydrogens (tertiary/aromatic N) is 3. The standard InChI is InChI=1S/C19H16N4O2S2/c1-11-9-26-19(21-11)22-16(24)15-12(2)14-17(27-15)20-10-23(18(14)25)8-13-6-4-3-5-7-13/h3-7,9-10H,8H2,1-2H3,(H,21,22,24). The van der Waals surface area contributed by atoms with Crippen LogP contribution in [0, 0.1) is 13.8 Å². The number of thiophene rings is 1. The minimum Gasteiger partial charge on any atom is -0.297 e. The first-order chi connectivity index (χ1) is 13.0. The van der Waals surface area contributed by atoms with Crippen LogP contribution in [-0.2, 0) is 6.54 Å². The highest BCUT2D eigenvalue weighted by atomic mass is 32.1. The van der Waals surface area contributed by atoms with Crippen molar-refractivity contribution in [3.63, 3.8) is 0 Å². The molecule has 0 atom stereocenters. The molecule has 0 bridgehead atoms. The number of hydrogen-bond donors (Lipinski definition) is 1. The zero-order valence-corrected chi connectivity index (χ0v) is 16.4. The molecular formula is C19H16N4O2S2. The number of aryl methyl sites for hydroxylation is 2. The highest BCUT2D eigenvalue weighted by Gasteiger charge is 2.20. The minimum absolute atomic E-state index is 0.137. The minimum atomic E-state index is -0.265. The van der Waals surface area contributed by atoms with Crippen molar-refractivity contribution in [2.45, 2.75) is 20.4 Å². The quantitative estimate of drug-likeness (QED) is 0.569. The monoisotopic (exact) mass is 396 g/mol. The molecule has 0 saturated heterocycles. The van der Waals surface area contributed by atoms with Gasteiger partial charge in [-0.2, -0.15) is 0 Å². The number of hydrogen-bond acceptors (Lipinski definition) is 6. The Kier molecular flexibility index (Phi) is 4.59. The first kappa shape index (κ1) is 17.6. The summed E-state index contributed by atoms with van der Waals surface area (Å²) in [5.41, 5.74) is 2.39. The van der Waals surface area contributed by atoms with Crippen LogP contribution in [0.15, 0.2) is 46.8 Å². The van der Waals surface area contributed by atoms with Gasteiger partial charge >= 0.3 is 0 Å².